The maximum atomic E-state index is 12.2. The minimum atomic E-state index is -2.86. The van der Waals surface area contributed by atoms with Gasteiger partial charge >= 0.3 is 7.60 Å². The van der Waals surface area contributed by atoms with Crippen molar-refractivity contribution in [3.63, 3.8) is 0 Å². The zero-order valence-corrected chi connectivity index (χ0v) is 18.9. The van der Waals surface area contributed by atoms with E-state index in [0.717, 1.165) is 38.5 Å². The molecule has 0 spiro atoms. The summed E-state index contributed by atoms with van der Waals surface area (Å²) in [7, 11) is -2.86. The van der Waals surface area contributed by atoms with Crippen LogP contribution in [0.3, 0.4) is 0 Å². The Morgan fingerprint density at radius 3 is 1.22 bits per heavy atom. The molecule has 0 radical (unpaired) electrons. The Kier molecular flexibility index (Phi) is 20.1. The van der Waals surface area contributed by atoms with Gasteiger partial charge in [-0.2, -0.15) is 0 Å². The summed E-state index contributed by atoms with van der Waals surface area (Å²) in [5, 5.41) is 0. The van der Waals surface area contributed by atoms with Crippen LogP contribution in [-0.2, 0) is 13.6 Å². The zero-order valence-electron chi connectivity index (χ0n) is 18.0. The molecule has 0 saturated carbocycles. The fourth-order valence-corrected chi connectivity index (χ4v) is 4.04. The van der Waals surface area contributed by atoms with Crippen LogP contribution in [0.15, 0.2) is 25.3 Å². The van der Waals surface area contributed by atoms with Crippen LogP contribution < -0.4 is 0 Å². The summed E-state index contributed by atoms with van der Waals surface area (Å²) in [6.07, 6.45) is 23.3. The highest BCUT2D eigenvalue weighted by Gasteiger charge is 2.15. The summed E-state index contributed by atoms with van der Waals surface area (Å²) >= 11 is 0. The van der Waals surface area contributed by atoms with E-state index in [1.54, 1.807) is 6.66 Å². The third-order valence-electron chi connectivity index (χ3n) is 4.76. The Morgan fingerprint density at radius 2 is 0.889 bits per heavy atom. The monoisotopic (exact) mass is 400 g/mol. The molecule has 0 atom stereocenters. The highest BCUT2D eigenvalue weighted by Crippen LogP contribution is 2.44. The van der Waals surface area contributed by atoms with E-state index in [2.05, 4.69) is 13.2 Å². The Balaban J connectivity index is 3.34. The van der Waals surface area contributed by atoms with Gasteiger partial charge in [0.15, 0.2) is 0 Å². The second kappa shape index (κ2) is 20.4. The molecule has 0 aliphatic carbocycles. The second-order valence-electron chi connectivity index (χ2n) is 7.54. The van der Waals surface area contributed by atoms with Gasteiger partial charge in [-0.15, -0.1) is 13.2 Å². The Bertz CT molecular complexity index is 350. The van der Waals surface area contributed by atoms with Crippen LogP contribution in [0.4, 0.5) is 0 Å². The van der Waals surface area contributed by atoms with Gasteiger partial charge in [0, 0.05) is 6.66 Å². The number of allylic oxidation sites excluding steroid dienone is 2. The average molecular weight is 401 g/mol. The number of hydrogen-bond donors (Lipinski definition) is 0. The van der Waals surface area contributed by atoms with Gasteiger partial charge in [-0.25, -0.2) is 0 Å². The maximum Gasteiger partial charge on any atom is 0.327 e. The van der Waals surface area contributed by atoms with Gasteiger partial charge < -0.3 is 9.05 Å². The fraction of sp³-hybridized carbons (Fsp3) is 0.826. The van der Waals surface area contributed by atoms with Crippen LogP contribution in [0.1, 0.15) is 103 Å². The summed E-state index contributed by atoms with van der Waals surface area (Å²) in [5.41, 5.74) is 0. The van der Waals surface area contributed by atoms with E-state index >= 15 is 0 Å². The Labute approximate surface area is 169 Å². The highest BCUT2D eigenvalue weighted by atomic mass is 31.2. The molecule has 4 heteroatoms. The molecule has 0 aliphatic heterocycles. The van der Waals surface area contributed by atoms with Crippen molar-refractivity contribution in [3.8, 4) is 0 Å². The topological polar surface area (TPSA) is 35.5 Å². The van der Waals surface area contributed by atoms with Crippen LogP contribution >= 0.6 is 7.60 Å². The van der Waals surface area contributed by atoms with Crippen molar-refractivity contribution in [2.75, 3.05) is 19.9 Å². The van der Waals surface area contributed by atoms with Crippen molar-refractivity contribution in [1.82, 2.24) is 0 Å². The number of rotatable bonds is 22. The molecule has 0 aromatic heterocycles. The van der Waals surface area contributed by atoms with Crippen LogP contribution in [0, 0.1) is 0 Å². The van der Waals surface area contributed by atoms with Crippen molar-refractivity contribution in [2.45, 2.75) is 103 Å². The van der Waals surface area contributed by atoms with Crippen molar-refractivity contribution in [2.24, 2.45) is 0 Å². The third-order valence-corrected chi connectivity index (χ3v) is 6.06. The molecule has 160 valence electrons. The van der Waals surface area contributed by atoms with E-state index in [9.17, 15) is 4.57 Å². The third kappa shape index (κ3) is 21.8. The van der Waals surface area contributed by atoms with E-state index in [1.807, 2.05) is 12.2 Å². The average Bonchev–Trinajstić information content (AvgIpc) is 2.64. The zero-order chi connectivity index (χ0) is 20.1. The molecule has 0 aromatic carbocycles. The molecule has 0 rings (SSSR count). The lowest BCUT2D eigenvalue weighted by Gasteiger charge is -2.14. The van der Waals surface area contributed by atoms with Gasteiger partial charge in [-0.3, -0.25) is 4.57 Å². The van der Waals surface area contributed by atoms with Crippen molar-refractivity contribution in [3.05, 3.63) is 25.3 Å². The lowest BCUT2D eigenvalue weighted by atomic mass is 10.1. The smallest absolute Gasteiger partial charge is 0.309 e. The lowest BCUT2D eigenvalue weighted by molar-refractivity contribution is 0.202. The minimum absolute atomic E-state index is 0.551. The Hall–Kier alpha value is -0.370. The van der Waals surface area contributed by atoms with Gasteiger partial charge in [0.1, 0.15) is 0 Å². The molecule has 0 aromatic rings. The summed E-state index contributed by atoms with van der Waals surface area (Å²) in [4.78, 5) is 0. The molecule has 0 unspecified atom stereocenters. The van der Waals surface area contributed by atoms with Crippen molar-refractivity contribution in [1.29, 1.82) is 0 Å². The molecule has 27 heavy (non-hydrogen) atoms. The molecule has 0 N–H and O–H groups in total. The van der Waals surface area contributed by atoms with Crippen LogP contribution in [0.5, 0.6) is 0 Å². The molecule has 0 bridgehead atoms. The molecule has 0 amide bonds. The molecular formula is C23H45O3P. The first kappa shape index (κ1) is 26.6. The highest BCUT2D eigenvalue weighted by molar-refractivity contribution is 7.52. The molecule has 0 saturated heterocycles. The second-order valence-corrected chi connectivity index (χ2v) is 9.60. The van der Waals surface area contributed by atoms with Crippen LogP contribution in [-0.4, -0.2) is 19.9 Å². The van der Waals surface area contributed by atoms with Crippen molar-refractivity contribution >= 4 is 7.60 Å². The van der Waals surface area contributed by atoms with Crippen molar-refractivity contribution < 1.29 is 13.6 Å². The van der Waals surface area contributed by atoms with Gasteiger partial charge in [-0.05, 0) is 38.5 Å². The quantitative estimate of drug-likeness (QED) is 0.104. The molecule has 0 aliphatic rings. The van der Waals surface area contributed by atoms with E-state index in [1.165, 1.54) is 64.2 Å². The number of unbranched alkanes of at least 4 members (excludes halogenated alkanes) is 14. The standard InChI is InChI=1S/C23H45O3P/c1-4-6-8-10-12-14-16-18-20-22-25-27(3,24)26-23-21-19-17-15-13-11-9-7-5-2/h4-5H,1-2,6-23H2,3H3. The van der Waals surface area contributed by atoms with Gasteiger partial charge in [0.05, 0.1) is 13.2 Å². The molecule has 0 fully saturated rings. The molecule has 0 heterocycles. The normalized spacial score (nSPS) is 11.6. The van der Waals surface area contributed by atoms with Gasteiger partial charge in [-0.1, -0.05) is 76.4 Å². The van der Waals surface area contributed by atoms with Crippen LogP contribution in [0.2, 0.25) is 0 Å². The van der Waals surface area contributed by atoms with E-state index in [4.69, 9.17) is 9.05 Å². The fourth-order valence-electron chi connectivity index (χ4n) is 3.05. The van der Waals surface area contributed by atoms with Crippen LogP contribution in [0.25, 0.3) is 0 Å². The molecular weight excluding hydrogens is 355 g/mol. The number of hydrogen-bond acceptors (Lipinski definition) is 3. The van der Waals surface area contributed by atoms with E-state index in [-0.39, 0.29) is 0 Å². The Morgan fingerprint density at radius 1 is 0.593 bits per heavy atom. The first-order chi connectivity index (χ1) is 13.1. The predicted molar refractivity (Wildman–Crippen MR) is 120 cm³/mol. The van der Waals surface area contributed by atoms with E-state index < -0.39 is 7.60 Å². The van der Waals surface area contributed by atoms with Gasteiger partial charge in [0.25, 0.3) is 0 Å². The summed E-state index contributed by atoms with van der Waals surface area (Å²) in [6, 6.07) is 0. The molecule has 3 nitrogen and oxygen atoms in total. The summed E-state index contributed by atoms with van der Waals surface area (Å²) < 4.78 is 23.2. The first-order valence-corrected chi connectivity index (χ1v) is 13.2. The van der Waals surface area contributed by atoms with E-state index in [0.29, 0.717) is 13.2 Å². The van der Waals surface area contributed by atoms with Gasteiger partial charge in [0.2, 0.25) is 0 Å². The minimum Gasteiger partial charge on any atom is -0.309 e. The first-order valence-electron chi connectivity index (χ1n) is 11.2. The summed E-state index contributed by atoms with van der Waals surface area (Å²) in [6.45, 7) is 10.2. The predicted octanol–water partition coefficient (Wildman–Crippen LogP) is 8.46. The SMILES string of the molecule is C=CCCCCCCCCCOP(C)(=O)OCCCCCCCCCC=C. The summed E-state index contributed by atoms with van der Waals surface area (Å²) in [5.74, 6) is 0. The maximum absolute atomic E-state index is 12.2. The lowest BCUT2D eigenvalue weighted by Crippen LogP contribution is -1.98. The largest absolute Gasteiger partial charge is 0.327 e.